The Kier molecular flexibility index (Phi) is 5.81. The largest absolute Gasteiger partial charge is 0.494 e. The molecule has 0 atom stereocenters. The summed E-state index contributed by atoms with van der Waals surface area (Å²) in [5, 5.41) is 0.142. The standard InChI is InChI=1S/C14H11BrClFN2O4S/c1-23-13-10(15)6-8(16)7-12(13)24(21,22)19-18-14(20)9-4-2-3-5-11(9)17/h2-7,19H,1H3,(H,18,20). The lowest BCUT2D eigenvalue weighted by atomic mass is 10.2. The van der Waals surface area contributed by atoms with E-state index >= 15 is 0 Å². The van der Waals surface area contributed by atoms with E-state index in [-0.39, 0.29) is 21.2 Å². The van der Waals surface area contributed by atoms with Crippen molar-refractivity contribution >= 4 is 43.5 Å². The third kappa shape index (κ3) is 4.04. The number of rotatable bonds is 5. The first-order chi connectivity index (χ1) is 11.3. The second kappa shape index (κ2) is 7.47. The van der Waals surface area contributed by atoms with E-state index in [0.29, 0.717) is 4.47 Å². The molecule has 0 heterocycles. The van der Waals surface area contributed by atoms with Crippen molar-refractivity contribution in [2.24, 2.45) is 0 Å². The molecule has 0 fully saturated rings. The average molecular weight is 438 g/mol. The van der Waals surface area contributed by atoms with Gasteiger partial charge in [0, 0.05) is 5.02 Å². The van der Waals surface area contributed by atoms with Crippen LogP contribution in [-0.2, 0) is 10.0 Å². The van der Waals surface area contributed by atoms with Gasteiger partial charge in [-0.3, -0.25) is 10.2 Å². The summed E-state index contributed by atoms with van der Waals surface area (Å²) in [6, 6.07) is 7.77. The molecular formula is C14H11BrClFN2O4S. The zero-order chi connectivity index (χ0) is 17.9. The Morgan fingerprint density at radius 1 is 1.29 bits per heavy atom. The first-order valence-electron chi connectivity index (χ1n) is 6.36. The van der Waals surface area contributed by atoms with Gasteiger partial charge in [0.2, 0.25) is 0 Å². The highest BCUT2D eigenvalue weighted by Gasteiger charge is 2.23. The van der Waals surface area contributed by atoms with Crippen molar-refractivity contribution in [2.75, 3.05) is 7.11 Å². The molecule has 2 aromatic carbocycles. The Morgan fingerprint density at radius 3 is 2.58 bits per heavy atom. The summed E-state index contributed by atoms with van der Waals surface area (Å²) < 4.78 is 43.6. The highest BCUT2D eigenvalue weighted by molar-refractivity contribution is 9.10. The Balaban J connectivity index is 2.27. The number of nitrogens with one attached hydrogen (secondary N) is 2. The molecule has 0 spiro atoms. The fraction of sp³-hybridized carbons (Fsp3) is 0.0714. The highest BCUT2D eigenvalue weighted by atomic mass is 79.9. The summed E-state index contributed by atoms with van der Waals surface area (Å²) in [6.45, 7) is 0. The molecule has 0 aliphatic heterocycles. The molecule has 0 radical (unpaired) electrons. The number of ether oxygens (including phenoxy) is 1. The molecule has 2 rings (SSSR count). The van der Waals surface area contributed by atoms with E-state index in [2.05, 4.69) is 15.9 Å². The van der Waals surface area contributed by atoms with Crippen LogP contribution in [0.1, 0.15) is 10.4 Å². The monoisotopic (exact) mass is 436 g/mol. The van der Waals surface area contributed by atoms with Gasteiger partial charge in [0.05, 0.1) is 17.1 Å². The van der Waals surface area contributed by atoms with Crippen molar-refractivity contribution in [3.05, 3.63) is 57.3 Å². The first kappa shape index (κ1) is 18.7. The van der Waals surface area contributed by atoms with Crippen LogP contribution in [0.4, 0.5) is 4.39 Å². The topological polar surface area (TPSA) is 84.5 Å². The summed E-state index contributed by atoms with van der Waals surface area (Å²) >= 11 is 8.99. The van der Waals surface area contributed by atoms with Crippen molar-refractivity contribution in [3.8, 4) is 5.75 Å². The predicted molar refractivity (Wildman–Crippen MR) is 89.9 cm³/mol. The van der Waals surface area contributed by atoms with Gasteiger partial charge in [-0.2, -0.15) is 0 Å². The third-order valence-corrected chi connectivity index (χ3v) is 4.95. The van der Waals surface area contributed by atoms with Crippen molar-refractivity contribution in [1.29, 1.82) is 0 Å². The summed E-state index contributed by atoms with van der Waals surface area (Å²) in [4.78, 5) is 13.5. The normalized spacial score (nSPS) is 11.2. The highest BCUT2D eigenvalue weighted by Crippen LogP contribution is 2.35. The second-order valence-corrected chi connectivity index (χ2v) is 7.40. The van der Waals surface area contributed by atoms with Gasteiger partial charge in [-0.25, -0.2) is 12.8 Å². The summed E-state index contributed by atoms with van der Waals surface area (Å²) in [6.07, 6.45) is 0. The number of amides is 1. The fourth-order valence-electron chi connectivity index (χ4n) is 1.82. The third-order valence-electron chi connectivity index (χ3n) is 2.89. The molecule has 0 aliphatic rings. The summed E-state index contributed by atoms with van der Waals surface area (Å²) in [5.74, 6) is -1.72. The van der Waals surface area contributed by atoms with E-state index in [0.717, 1.165) is 12.1 Å². The van der Waals surface area contributed by atoms with Crippen LogP contribution in [0.5, 0.6) is 5.75 Å². The quantitative estimate of drug-likeness (QED) is 0.705. The molecule has 2 aromatic rings. The van der Waals surface area contributed by atoms with Crippen molar-refractivity contribution in [3.63, 3.8) is 0 Å². The van der Waals surface area contributed by atoms with Crippen LogP contribution >= 0.6 is 27.5 Å². The van der Waals surface area contributed by atoms with Crippen molar-refractivity contribution in [1.82, 2.24) is 10.3 Å². The Hall–Kier alpha value is -1.68. The van der Waals surface area contributed by atoms with E-state index in [1.807, 2.05) is 10.3 Å². The zero-order valence-corrected chi connectivity index (χ0v) is 15.3. The Bertz CT molecular complexity index is 892. The number of hydrogen-bond acceptors (Lipinski definition) is 4. The van der Waals surface area contributed by atoms with Gasteiger partial charge in [-0.15, -0.1) is 4.83 Å². The van der Waals surface area contributed by atoms with Crippen LogP contribution in [0.15, 0.2) is 45.8 Å². The summed E-state index contributed by atoms with van der Waals surface area (Å²) in [5.41, 5.74) is 1.63. The van der Waals surface area contributed by atoms with Crippen LogP contribution in [-0.4, -0.2) is 21.4 Å². The average Bonchev–Trinajstić information content (AvgIpc) is 2.52. The number of hydrogen-bond donors (Lipinski definition) is 2. The molecule has 0 saturated carbocycles. The minimum atomic E-state index is -4.21. The molecule has 0 unspecified atom stereocenters. The maximum absolute atomic E-state index is 13.5. The number of carbonyl (C=O) groups excluding carboxylic acids is 1. The van der Waals surface area contributed by atoms with E-state index in [1.165, 1.54) is 31.4 Å². The molecule has 128 valence electrons. The van der Waals surface area contributed by atoms with Gasteiger partial charge in [0.15, 0.2) is 5.75 Å². The van der Waals surface area contributed by atoms with Crippen LogP contribution in [0.3, 0.4) is 0 Å². The van der Waals surface area contributed by atoms with Crippen LogP contribution in [0.25, 0.3) is 0 Å². The van der Waals surface area contributed by atoms with Gasteiger partial charge in [-0.1, -0.05) is 23.7 Å². The number of halogens is 3. The van der Waals surface area contributed by atoms with E-state index in [1.54, 1.807) is 0 Å². The van der Waals surface area contributed by atoms with Crippen LogP contribution < -0.4 is 15.0 Å². The van der Waals surface area contributed by atoms with Gasteiger partial charge in [-0.05, 0) is 40.2 Å². The minimum Gasteiger partial charge on any atom is -0.494 e. The number of benzene rings is 2. The molecule has 2 N–H and O–H groups in total. The smallest absolute Gasteiger partial charge is 0.269 e. The number of carbonyl (C=O) groups is 1. The van der Waals surface area contributed by atoms with Gasteiger partial charge in [0.1, 0.15) is 10.7 Å². The van der Waals surface area contributed by atoms with Crippen LogP contribution in [0, 0.1) is 5.82 Å². The number of methoxy groups -OCH3 is 1. The van der Waals surface area contributed by atoms with Crippen LogP contribution in [0.2, 0.25) is 5.02 Å². The first-order valence-corrected chi connectivity index (χ1v) is 9.01. The zero-order valence-electron chi connectivity index (χ0n) is 12.1. The Morgan fingerprint density at radius 2 is 1.96 bits per heavy atom. The SMILES string of the molecule is COc1c(Br)cc(Cl)cc1S(=O)(=O)NNC(=O)c1ccccc1F. The molecule has 0 bridgehead atoms. The fourth-order valence-corrected chi connectivity index (χ4v) is 4.04. The molecule has 24 heavy (non-hydrogen) atoms. The molecule has 0 aromatic heterocycles. The molecule has 0 aliphatic carbocycles. The lowest BCUT2D eigenvalue weighted by molar-refractivity contribution is 0.0941. The Labute approximate surface area is 151 Å². The van der Waals surface area contributed by atoms with E-state index < -0.39 is 21.7 Å². The molecular weight excluding hydrogens is 427 g/mol. The van der Waals surface area contributed by atoms with Gasteiger partial charge < -0.3 is 4.74 Å². The molecule has 6 nitrogen and oxygen atoms in total. The minimum absolute atomic E-state index is 0.00652. The molecule has 10 heteroatoms. The predicted octanol–water partition coefficient (Wildman–Crippen LogP) is 2.87. The van der Waals surface area contributed by atoms with Gasteiger partial charge >= 0.3 is 0 Å². The number of hydrazine groups is 1. The van der Waals surface area contributed by atoms with E-state index in [9.17, 15) is 17.6 Å². The second-order valence-electron chi connectivity index (χ2n) is 4.46. The van der Waals surface area contributed by atoms with Gasteiger partial charge in [0.25, 0.3) is 15.9 Å². The maximum atomic E-state index is 13.5. The van der Waals surface area contributed by atoms with Crippen molar-refractivity contribution in [2.45, 2.75) is 4.90 Å². The lowest BCUT2D eigenvalue weighted by Crippen LogP contribution is -2.42. The van der Waals surface area contributed by atoms with E-state index in [4.69, 9.17) is 16.3 Å². The maximum Gasteiger partial charge on any atom is 0.269 e. The lowest BCUT2D eigenvalue weighted by Gasteiger charge is -2.13. The molecule has 1 amide bonds. The molecule has 0 saturated heterocycles. The van der Waals surface area contributed by atoms with Crippen molar-refractivity contribution < 1.29 is 22.3 Å². The summed E-state index contributed by atoms with van der Waals surface area (Å²) in [7, 11) is -2.93. The number of sulfonamides is 1.